The van der Waals surface area contributed by atoms with Crippen LogP contribution in [0.5, 0.6) is 0 Å². The second-order valence-corrected chi connectivity index (χ2v) is 2.91. The molecule has 0 aliphatic rings. The smallest absolute Gasteiger partial charge is 0.241 e. The highest BCUT2D eigenvalue weighted by molar-refractivity contribution is 6.29. The molecular weight excluding hydrogens is 188 g/mol. The summed E-state index contributed by atoms with van der Waals surface area (Å²) in [6, 6.07) is 7.16. The van der Waals surface area contributed by atoms with Gasteiger partial charge in [-0.05, 0) is 12.1 Å². The molecule has 1 amide bonds. The molecule has 4 heteroatoms. The summed E-state index contributed by atoms with van der Waals surface area (Å²) in [7, 11) is 1.65. The molecule has 0 bridgehead atoms. The van der Waals surface area contributed by atoms with E-state index >= 15 is 0 Å². The number of hydrogen-bond donors (Lipinski definition) is 1. The van der Waals surface area contributed by atoms with Crippen molar-refractivity contribution in [3.63, 3.8) is 0 Å². The van der Waals surface area contributed by atoms with Crippen molar-refractivity contribution in [1.82, 2.24) is 0 Å². The van der Waals surface area contributed by atoms with Crippen LogP contribution < -0.4 is 10.6 Å². The molecule has 0 saturated heterocycles. The maximum atomic E-state index is 11.2. The molecule has 0 fully saturated rings. The first-order chi connectivity index (χ1) is 6.16. The van der Waals surface area contributed by atoms with Crippen molar-refractivity contribution in [2.24, 2.45) is 0 Å². The molecule has 0 radical (unpaired) electrons. The van der Waals surface area contributed by atoms with Crippen LogP contribution in [-0.4, -0.2) is 18.8 Å². The van der Waals surface area contributed by atoms with E-state index in [2.05, 4.69) is 0 Å². The zero-order chi connectivity index (χ0) is 9.84. The van der Waals surface area contributed by atoms with E-state index in [0.717, 1.165) is 0 Å². The van der Waals surface area contributed by atoms with E-state index in [1.54, 1.807) is 19.2 Å². The fourth-order valence-corrected chi connectivity index (χ4v) is 1.20. The first kappa shape index (κ1) is 9.86. The molecule has 0 atom stereocenters. The van der Waals surface area contributed by atoms with Gasteiger partial charge in [0.15, 0.2) is 0 Å². The lowest BCUT2D eigenvalue weighted by Gasteiger charge is -2.17. The lowest BCUT2D eigenvalue weighted by Crippen LogP contribution is -2.27. The summed E-state index contributed by atoms with van der Waals surface area (Å²) in [5, 5.41) is 0. The largest absolute Gasteiger partial charge is 0.397 e. The number of para-hydroxylation sites is 2. The molecule has 1 rings (SSSR count). The standard InChI is InChI=1S/C9H11ClN2O/c1-12(9(13)6-10)8-5-3-2-4-7(8)11/h2-5H,6,11H2,1H3. The van der Waals surface area contributed by atoms with E-state index in [1.165, 1.54) is 4.90 Å². The Bertz CT molecular complexity index is 314. The molecule has 0 unspecified atom stereocenters. The normalized spacial score (nSPS) is 9.69. The molecule has 13 heavy (non-hydrogen) atoms. The van der Waals surface area contributed by atoms with E-state index in [0.29, 0.717) is 11.4 Å². The number of alkyl halides is 1. The van der Waals surface area contributed by atoms with Gasteiger partial charge in [-0.1, -0.05) is 12.1 Å². The number of benzene rings is 1. The van der Waals surface area contributed by atoms with Crippen LogP contribution in [0.2, 0.25) is 0 Å². The molecule has 0 aliphatic heterocycles. The van der Waals surface area contributed by atoms with Gasteiger partial charge in [0.1, 0.15) is 5.88 Å². The number of hydrogen-bond acceptors (Lipinski definition) is 2. The van der Waals surface area contributed by atoms with E-state index in [9.17, 15) is 4.79 Å². The van der Waals surface area contributed by atoms with Crippen LogP contribution in [0.3, 0.4) is 0 Å². The van der Waals surface area contributed by atoms with Crippen LogP contribution in [0, 0.1) is 0 Å². The van der Waals surface area contributed by atoms with E-state index < -0.39 is 0 Å². The predicted octanol–water partition coefficient (Wildman–Crippen LogP) is 1.47. The fourth-order valence-electron chi connectivity index (χ4n) is 1.02. The Kier molecular flexibility index (Phi) is 3.14. The fraction of sp³-hybridized carbons (Fsp3) is 0.222. The first-order valence-electron chi connectivity index (χ1n) is 3.84. The van der Waals surface area contributed by atoms with Crippen LogP contribution in [0.1, 0.15) is 0 Å². The number of carbonyl (C=O) groups is 1. The number of carbonyl (C=O) groups excluding carboxylic acids is 1. The zero-order valence-corrected chi connectivity index (χ0v) is 8.08. The van der Waals surface area contributed by atoms with E-state index in [1.807, 2.05) is 12.1 Å². The third-order valence-corrected chi connectivity index (χ3v) is 2.02. The van der Waals surface area contributed by atoms with Gasteiger partial charge < -0.3 is 10.6 Å². The highest BCUT2D eigenvalue weighted by Crippen LogP contribution is 2.20. The highest BCUT2D eigenvalue weighted by Gasteiger charge is 2.10. The minimum atomic E-state index is -0.167. The van der Waals surface area contributed by atoms with Gasteiger partial charge in [0.05, 0.1) is 11.4 Å². The van der Waals surface area contributed by atoms with Gasteiger partial charge in [-0.15, -0.1) is 11.6 Å². The average Bonchev–Trinajstić information content (AvgIpc) is 2.16. The first-order valence-corrected chi connectivity index (χ1v) is 4.37. The number of rotatable bonds is 2. The van der Waals surface area contributed by atoms with Gasteiger partial charge in [-0.25, -0.2) is 0 Å². The van der Waals surface area contributed by atoms with Crippen molar-refractivity contribution >= 4 is 28.9 Å². The topological polar surface area (TPSA) is 46.3 Å². The van der Waals surface area contributed by atoms with Crippen LogP contribution in [0.4, 0.5) is 11.4 Å². The van der Waals surface area contributed by atoms with Crippen molar-refractivity contribution < 1.29 is 4.79 Å². The quantitative estimate of drug-likeness (QED) is 0.578. The molecule has 3 nitrogen and oxygen atoms in total. The van der Waals surface area contributed by atoms with E-state index in [-0.39, 0.29) is 11.8 Å². The van der Waals surface area contributed by atoms with Gasteiger partial charge in [-0.2, -0.15) is 0 Å². The van der Waals surface area contributed by atoms with Crippen LogP contribution >= 0.6 is 11.6 Å². The van der Waals surface area contributed by atoms with Crippen LogP contribution in [-0.2, 0) is 4.79 Å². The minimum absolute atomic E-state index is 0.0369. The zero-order valence-electron chi connectivity index (χ0n) is 7.33. The number of nitrogens with two attached hydrogens (primary N) is 1. The highest BCUT2D eigenvalue weighted by atomic mass is 35.5. The van der Waals surface area contributed by atoms with Crippen molar-refractivity contribution in [2.45, 2.75) is 0 Å². The van der Waals surface area contributed by atoms with Crippen molar-refractivity contribution in [2.75, 3.05) is 23.6 Å². The van der Waals surface area contributed by atoms with Gasteiger partial charge in [0.2, 0.25) is 5.91 Å². The monoisotopic (exact) mass is 198 g/mol. The third-order valence-electron chi connectivity index (χ3n) is 1.79. The lowest BCUT2D eigenvalue weighted by molar-refractivity contribution is -0.116. The molecule has 1 aromatic carbocycles. The Labute approximate surface area is 82.1 Å². The summed E-state index contributed by atoms with van der Waals surface area (Å²) in [5.41, 5.74) is 6.94. The number of halogens is 1. The molecule has 0 saturated carbocycles. The van der Waals surface area contributed by atoms with Gasteiger partial charge in [0.25, 0.3) is 0 Å². The third kappa shape index (κ3) is 2.12. The lowest BCUT2D eigenvalue weighted by atomic mass is 10.2. The molecule has 0 spiro atoms. The molecule has 0 heterocycles. The van der Waals surface area contributed by atoms with E-state index in [4.69, 9.17) is 17.3 Å². The van der Waals surface area contributed by atoms with Gasteiger partial charge in [-0.3, -0.25) is 4.79 Å². The Morgan fingerprint density at radius 1 is 1.54 bits per heavy atom. The van der Waals surface area contributed by atoms with Crippen molar-refractivity contribution in [1.29, 1.82) is 0 Å². The predicted molar refractivity (Wildman–Crippen MR) is 55.0 cm³/mol. The summed E-state index contributed by atoms with van der Waals surface area (Å²) in [4.78, 5) is 12.6. The molecule has 2 N–H and O–H groups in total. The summed E-state index contributed by atoms with van der Waals surface area (Å²) in [6.45, 7) is 0. The summed E-state index contributed by atoms with van der Waals surface area (Å²) in [6.07, 6.45) is 0. The molecule has 0 aliphatic carbocycles. The number of amides is 1. The summed E-state index contributed by atoms with van der Waals surface area (Å²) < 4.78 is 0. The number of nitrogens with zero attached hydrogens (tertiary/aromatic N) is 1. The van der Waals surface area contributed by atoms with Gasteiger partial charge in [0, 0.05) is 7.05 Å². The summed E-state index contributed by atoms with van der Waals surface area (Å²) in [5.74, 6) is -0.204. The SMILES string of the molecule is CN(C(=O)CCl)c1ccccc1N. The number of anilines is 2. The van der Waals surface area contributed by atoms with Crippen LogP contribution in [0.15, 0.2) is 24.3 Å². The Morgan fingerprint density at radius 3 is 2.69 bits per heavy atom. The molecule has 70 valence electrons. The van der Waals surface area contributed by atoms with Gasteiger partial charge >= 0.3 is 0 Å². The maximum absolute atomic E-state index is 11.2. The second kappa shape index (κ2) is 4.14. The number of nitrogen functional groups attached to an aromatic ring is 1. The molecular formula is C9H11ClN2O. The Morgan fingerprint density at radius 2 is 2.15 bits per heavy atom. The second-order valence-electron chi connectivity index (χ2n) is 2.65. The molecule has 1 aromatic rings. The Hall–Kier alpha value is -1.22. The van der Waals surface area contributed by atoms with Crippen molar-refractivity contribution in [3.8, 4) is 0 Å². The Balaban J connectivity index is 2.95. The summed E-state index contributed by atoms with van der Waals surface area (Å²) >= 11 is 5.42. The molecule has 0 aromatic heterocycles. The minimum Gasteiger partial charge on any atom is -0.397 e. The average molecular weight is 199 g/mol. The van der Waals surface area contributed by atoms with Crippen LogP contribution in [0.25, 0.3) is 0 Å². The van der Waals surface area contributed by atoms with Crippen molar-refractivity contribution in [3.05, 3.63) is 24.3 Å². The maximum Gasteiger partial charge on any atom is 0.241 e.